The predicted molar refractivity (Wildman–Crippen MR) is 103 cm³/mol. The van der Waals surface area contributed by atoms with Gasteiger partial charge in [-0.05, 0) is 23.8 Å². The average molecular weight is 376 g/mol. The summed E-state index contributed by atoms with van der Waals surface area (Å²) < 4.78 is 31.0. The zero-order chi connectivity index (χ0) is 19.3. The zero-order valence-corrected chi connectivity index (χ0v) is 15.1. The van der Waals surface area contributed by atoms with E-state index in [0.29, 0.717) is 29.0 Å². The minimum Gasteiger partial charge on any atom is -0.493 e. The van der Waals surface area contributed by atoms with Gasteiger partial charge in [-0.1, -0.05) is 42.5 Å². The molecule has 4 rings (SSSR count). The zero-order valence-electron chi connectivity index (χ0n) is 15.1. The van der Waals surface area contributed by atoms with Crippen LogP contribution in [0.15, 0.2) is 73.1 Å². The molecule has 0 spiro atoms. The summed E-state index contributed by atoms with van der Waals surface area (Å²) in [6.07, 6.45) is 1.37. The summed E-state index contributed by atoms with van der Waals surface area (Å²) in [4.78, 5) is 8.42. The number of methoxy groups -OCH3 is 1. The van der Waals surface area contributed by atoms with Crippen LogP contribution in [-0.4, -0.2) is 17.1 Å². The van der Waals surface area contributed by atoms with Crippen LogP contribution in [-0.2, 0) is 6.61 Å². The number of hydrogen-bond donors (Lipinski definition) is 0. The maximum absolute atomic E-state index is 13.9. The Morgan fingerprint density at radius 3 is 2.43 bits per heavy atom. The molecule has 28 heavy (non-hydrogen) atoms. The molecule has 0 bridgehead atoms. The van der Waals surface area contributed by atoms with Gasteiger partial charge in [0.1, 0.15) is 12.9 Å². The molecule has 0 radical (unpaired) electrons. The van der Waals surface area contributed by atoms with Crippen LogP contribution >= 0.6 is 0 Å². The van der Waals surface area contributed by atoms with Gasteiger partial charge in [-0.3, -0.25) is 0 Å². The molecule has 0 saturated carbocycles. The molecule has 4 aromatic rings. The molecule has 1 aromatic heterocycles. The Labute approximate surface area is 161 Å². The SMILES string of the molecule is COc1cc2c(Oc3ccccc3F)ncnc2cc1OCc1ccccc1. The second-order valence-corrected chi connectivity index (χ2v) is 6.01. The van der Waals surface area contributed by atoms with Crippen molar-refractivity contribution >= 4 is 10.9 Å². The number of fused-ring (bicyclic) bond motifs is 1. The minimum absolute atomic E-state index is 0.0888. The average Bonchev–Trinajstić information content (AvgIpc) is 2.74. The molecule has 6 heteroatoms. The summed E-state index contributed by atoms with van der Waals surface area (Å²) in [6.45, 7) is 0.395. The monoisotopic (exact) mass is 376 g/mol. The Hall–Kier alpha value is -3.67. The molecular formula is C22H17FN2O3. The van der Waals surface area contributed by atoms with Gasteiger partial charge in [-0.15, -0.1) is 0 Å². The normalized spacial score (nSPS) is 10.6. The van der Waals surface area contributed by atoms with E-state index in [2.05, 4.69) is 9.97 Å². The summed E-state index contributed by atoms with van der Waals surface area (Å²) >= 11 is 0. The maximum atomic E-state index is 13.9. The van der Waals surface area contributed by atoms with Gasteiger partial charge in [0, 0.05) is 6.07 Å². The lowest BCUT2D eigenvalue weighted by atomic mass is 10.2. The van der Waals surface area contributed by atoms with Crippen molar-refractivity contribution in [3.05, 3.63) is 84.4 Å². The molecule has 5 nitrogen and oxygen atoms in total. The number of rotatable bonds is 6. The number of halogens is 1. The van der Waals surface area contributed by atoms with E-state index in [1.165, 1.54) is 18.5 Å². The number of para-hydroxylation sites is 1. The lowest BCUT2D eigenvalue weighted by Gasteiger charge is -2.13. The molecule has 0 saturated heterocycles. The molecule has 0 fully saturated rings. The van der Waals surface area contributed by atoms with Crippen molar-refractivity contribution in [1.82, 2.24) is 9.97 Å². The Kier molecular flexibility index (Phi) is 5.01. The standard InChI is InChI=1S/C22H17FN2O3/c1-26-20-11-16-18(12-21(20)27-13-15-7-3-2-4-8-15)24-14-25-22(16)28-19-10-6-5-9-17(19)23/h2-12,14H,13H2,1H3. The van der Waals surface area contributed by atoms with Gasteiger partial charge < -0.3 is 14.2 Å². The van der Waals surface area contributed by atoms with Crippen LogP contribution in [0.4, 0.5) is 4.39 Å². The molecule has 1 heterocycles. The molecule has 0 aliphatic carbocycles. The van der Waals surface area contributed by atoms with Crippen molar-refractivity contribution in [2.45, 2.75) is 6.61 Å². The molecule has 0 amide bonds. The van der Waals surface area contributed by atoms with E-state index in [1.807, 2.05) is 30.3 Å². The lowest BCUT2D eigenvalue weighted by molar-refractivity contribution is 0.285. The van der Waals surface area contributed by atoms with Crippen LogP contribution in [0.1, 0.15) is 5.56 Å². The van der Waals surface area contributed by atoms with Crippen molar-refractivity contribution in [2.75, 3.05) is 7.11 Å². The van der Waals surface area contributed by atoms with E-state index in [9.17, 15) is 4.39 Å². The third-order valence-corrected chi connectivity index (χ3v) is 4.16. The summed E-state index contributed by atoms with van der Waals surface area (Å²) in [6, 6.07) is 19.5. The minimum atomic E-state index is -0.468. The first-order chi connectivity index (χ1) is 13.7. The number of aromatic nitrogens is 2. The quantitative estimate of drug-likeness (QED) is 0.466. The highest BCUT2D eigenvalue weighted by Gasteiger charge is 2.14. The third-order valence-electron chi connectivity index (χ3n) is 4.16. The van der Waals surface area contributed by atoms with Crippen LogP contribution in [0, 0.1) is 5.82 Å². The van der Waals surface area contributed by atoms with Gasteiger partial charge in [0.2, 0.25) is 5.88 Å². The molecule has 0 atom stereocenters. The summed E-state index contributed by atoms with van der Waals surface area (Å²) in [7, 11) is 1.55. The van der Waals surface area contributed by atoms with E-state index in [4.69, 9.17) is 14.2 Å². The first kappa shape index (κ1) is 17.7. The van der Waals surface area contributed by atoms with Crippen molar-refractivity contribution < 1.29 is 18.6 Å². The molecule has 3 aromatic carbocycles. The first-order valence-electron chi connectivity index (χ1n) is 8.66. The number of ether oxygens (including phenoxy) is 3. The summed E-state index contributed by atoms with van der Waals surface area (Å²) in [5, 5.41) is 0.592. The number of benzene rings is 3. The fraction of sp³-hybridized carbons (Fsp3) is 0.0909. The highest BCUT2D eigenvalue weighted by Crippen LogP contribution is 2.36. The van der Waals surface area contributed by atoms with Crippen molar-refractivity contribution in [3.63, 3.8) is 0 Å². The topological polar surface area (TPSA) is 53.5 Å². The molecule has 0 unspecified atom stereocenters. The predicted octanol–water partition coefficient (Wildman–Crippen LogP) is 5.15. The maximum Gasteiger partial charge on any atom is 0.230 e. The highest BCUT2D eigenvalue weighted by molar-refractivity contribution is 5.87. The Morgan fingerprint density at radius 1 is 0.857 bits per heavy atom. The Morgan fingerprint density at radius 2 is 1.64 bits per heavy atom. The third kappa shape index (κ3) is 3.71. The number of nitrogens with zero attached hydrogens (tertiary/aromatic N) is 2. The van der Waals surface area contributed by atoms with E-state index < -0.39 is 5.82 Å². The van der Waals surface area contributed by atoms with Gasteiger partial charge >= 0.3 is 0 Å². The summed E-state index contributed by atoms with van der Waals surface area (Å²) in [5.41, 5.74) is 1.64. The highest BCUT2D eigenvalue weighted by atomic mass is 19.1. The van der Waals surface area contributed by atoms with Gasteiger partial charge in [-0.2, -0.15) is 0 Å². The van der Waals surface area contributed by atoms with Gasteiger partial charge in [-0.25, -0.2) is 14.4 Å². The molecule has 0 aliphatic heterocycles. The first-order valence-corrected chi connectivity index (χ1v) is 8.66. The van der Waals surface area contributed by atoms with Crippen LogP contribution < -0.4 is 14.2 Å². The largest absolute Gasteiger partial charge is 0.493 e. The number of hydrogen-bond acceptors (Lipinski definition) is 5. The second-order valence-electron chi connectivity index (χ2n) is 6.01. The lowest BCUT2D eigenvalue weighted by Crippen LogP contribution is -1.99. The molecule has 0 aliphatic rings. The second kappa shape index (κ2) is 7.92. The van der Waals surface area contributed by atoms with Gasteiger partial charge in [0.15, 0.2) is 23.1 Å². The van der Waals surface area contributed by atoms with E-state index in [-0.39, 0.29) is 11.6 Å². The fourth-order valence-electron chi connectivity index (χ4n) is 2.76. The summed E-state index contributed by atoms with van der Waals surface area (Å²) in [5.74, 6) is 0.920. The van der Waals surface area contributed by atoms with E-state index in [0.717, 1.165) is 5.56 Å². The van der Waals surface area contributed by atoms with Crippen LogP contribution in [0.25, 0.3) is 10.9 Å². The van der Waals surface area contributed by atoms with Gasteiger partial charge in [0.25, 0.3) is 0 Å². The molecular weight excluding hydrogens is 359 g/mol. The van der Waals surface area contributed by atoms with E-state index in [1.54, 1.807) is 31.4 Å². The Bertz CT molecular complexity index is 1100. The van der Waals surface area contributed by atoms with E-state index >= 15 is 0 Å². The Balaban J connectivity index is 1.68. The smallest absolute Gasteiger partial charge is 0.230 e. The molecule has 0 N–H and O–H groups in total. The van der Waals surface area contributed by atoms with Crippen LogP contribution in [0.5, 0.6) is 23.1 Å². The van der Waals surface area contributed by atoms with Crippen molar-refractivity contribution in [2.24, 2.45) is 0 Å². The molecule has 140 valence electrons. The van der Waals surface area contributed by atoms with Gasteiger partial charge in [0.05, 0.1) is 18.0 Å². The van der Waals surface area contributed by atoms with Crippen molar-refractivity contribution in [3.8, 4) is 23.1 Å². The fourth-order valence-corrected chi connectivity index (χ4v) is 2.76. The van der Waals surface area contributed by atoms with Crippen LogP contribution in [0.2, 0.25) is 0 Å². The van der Waals surface area contributed by atoms with Crippen molar-refractivity contribution in [1.29, 1.82) is 0 Å². The van der Waals surface area contributed by atoms with Crippen LogP contribution in [0.3, 0.4) is 0 Å².